The molecular formula is C21H17BrO4. The second-order valence-electron chi connectivity index (χ2n) is 6.40. The van der Waals surface area contributed by atoms with E-state index in [9.17, 15) is 9.59 Å². The predicted molar refractivity (Wildman–Crippen MR) is 100.0 cm³/mol. The van der Waals surface area contributed by atoms with Crippen molar-refractivity contribution < 1.29 is 19.1 Å². The fourth-order valence-electron chi connectivity index (χ4n) is 4.02. The number of hydrogen-bond donors (Lipinski definition) is 0. The molecule has 26 heavy (non-hydrogen) atoms. The molecule has 0 fully saturated rings. The topological polar surface area (TPSA) is 52.6 Å². The average molecular weight is 413 g/mol. The first-order valence-corrected chi connectivity index (χ1v) is 9.32. The molecule has 4 rings (SSSR count). The molecule has 0 saturated heterocycles. The zero-order valence-electron chi connectivity index (χ0n) is 14.2. The van der Waals surface area contributed by atoms with E-state index in [2.05, 4.69) is 15.9 Å². The minimum Gasteiger partial charge on any atom is -0.463 e. The number of fused-ring (bicyclic) bond motifs is 2. The summed E-state index contributed by atoms with van der Waals surface area (Å²) in [6.07, 6.45) is 2.23. The number of carbonyl (C=O) groups is 2. The third-order valence-electron chi connectivity index (χ3n) is 5.11. The van der Waals surface area contributed by atoms with Gasteiger partial charge < -0.3 is 9.47 Å². The van der Waals surface area contributed by atoms with Crippen molar-refractivity contribution in [3.05, 3.63) is 75.8 Å². The van der Waals surface area contributed by atoms with E-state index in [1.165, 1.54) is 0 Å². The Balaban J connectivity index is 1.93. The Morgan fingerprint density at radius 1 is 1.23 bits per heavy atom. The lowest BCUT2D eigenvalue weighted by molar-refractivity contribution is -0.140. The average Bonchev–Trinajstić information content (AvgIpc) is 3.16. The highest BCUT2D eigenvalue weighted by molar-refractivity contribution is 9.10. The molecule has 0 unspecified atom stereocenters. The van der Waals surface area contributed by atoms with Gasteiger partial charge in [0.25, 0.3) is 0 Å². The van der Waals surface area contributed by atoms with Gasteiger partial charge in [-0.05, 0) is 31.0 Å². The summed E-state index contributed by atoms with van der Waals surface area (Å²) in [5.41, 5.74) is 1.26. The van der Waals surface area contributed by atoms with E-state index in [-0.39, 0.29) is 18.5 Å². The molecule has 2 aliphatic rings. The van der Waals surface area contributed by atoms with Crippen molar-refractivity contribution in [2.45, 2.75) is 24.7 Å². The summed E-state index contributed by atoms with van der Waals surface area (Å²) in [6, 6.07) is 15.1. The maximum Gasteiger partial charge on any atom is 0.334 e. The monoisotopic (exact) mass is 412 g/mol. The van der Waals surface area contributed by atoms with Crippen molar-refractivity contribution in [2.24, 2.45) is 0 Å². The number of benzene rings is 2. The normalized spacial score (nSPS) is 23.5. The van der Waals surface area contributed by atoms with Crippen LogP contribution in [-0.2, 0) is 19.7 Å². The molecule has 1 spiro atoms. The Bertz CT molecular complexity index is 933. The molecule has 2 aromatic carbocycles. The lowest BCUT2D eigenvalue weighted by Crippen LogP contribution is -2.38. The van der Waals surface area contributed by atoms with E-state index >= 15 is 0 Å². The molecule has 0 radical (unpaired) electrons. The van der Waals surface area contributed by atoms with E-state index in [1.807, 2.05) is 48.5 Å². The number of halogens is 1. The molecule has 4 nitrogen and oxygen atoms in total. The summed E-state index contributed by atoms with van der Waals surface area (Å²) in [5.74, 6) is -0.612. The van der Waals surface area contributed by atoms with E-state index in [0.717, 1.165) is 15.6 Å². The van der Waals surface area contributed by atoms with Crippen molar-refractivity contribution in [1.82, 2.24) is 0 Å². The van der Waals surface area contributed by atoms with E-state index in [4.69, 9.17) is 9.47 Å². The highest BCUT2D eigenvalue weighted by Gasteiger charge is 2.59. The first-order chi connectivity index (χ1) is 12.6. The number of esters is 2. The van der Waals surface area contributed by atoms with Gasteiger partial charge in [0.15, 0.2) is 0 Å². The van der Waals surface area contributed by atoms with Gasteiger partial charge in [0.2, 0.25) is 0 Å². The number of para-hydroxylation sites is 1. The molecule has 1 heterocycles. The lowest BCUT2D eigenvalue weighted by atomic mass is 9.68. The molecule has 132 valence electrons. The van der Waals surface area contributed by atoms with Crippen molar-refractivity contribution in [3.8, 4) is 5.75 Å². The van der Waals surface area contributed by atoms with Gasteiger partial charge in [-0.2, -0.15) is 0 Å². The van der Waals surface area contributed by atoms with Crippen LogP contribution in [0.5, 0.6) is 5.75 Å². The van der Waals surface area contributed by atoms with E-state index in [1.54, 1.807) is 13.0 Å². The number of carbonyl (C=O) groups excluding carboxylic acids is 2. The molecule has 0 aromatic heterocycles. The Kier molecular flexibility index (Phi) is 4.19. The van der Waals surface area contributed by atoms with Crippen molar-refractivity contribution in [1.29, 1.82) is 0 Å². The van der Waals surface area contributed by atoms with Gasteiger partial charge in [-0.15, -0.1) is 0 Å². The van der Waals surface area contributed by atoms with Crippen LogP contribution in [-0.4, -0.2) is 18.5 Å². The van der Waals surface area contributed by atoms with Gasteiger partial charge in [-0.25, -0.2) is 4.79 Å². The highest BCUT2D eigenvalue weighted by atomic mass is 79.9. The molecule has 1 aliphatic carbocycles. The van der Waals surface area contributed by atoms with Gasteiger partial charge in [0.05, 0.1) is 6.61 Å². The van der Waals surface area contributed by atoms with E-state index < -0.39 is 11.3 Å². The van der Waals surface area contributed by atoms with Gasteiger partial charge in [0.1, 0.15) is 11.2 Å². The molecular weight excluding hydrogens is 396 g/mol. The van der Waals surface area contributed by atoms with Crippen molar-refractivity contribution in [2.75, 3.05) is 6.61 Å². The van der Waals surface area contributed by atoms with Crippen molar-refractivity contribution in [3.63, 3.8) is 0 Å². The Labute approximate surface area is 159 Å². The second kappa shape index (κ2) is 6.40. The predicted octanol–water partition coefficient (Wildman–Crippen LogP) is 4.28. The molecule has 2 atom stereocenters. The lowest BCUT2D eigenvalue weighted by Gasteiger charge is -2.31. The molecule has 0 amide bonds. The number of allylic oxidation sites excluding steroid dienone is 1. The molecule has 0 N–H and O–H groups in total. The molecule has 0 saturated carbocycles. The largest absolute Gasteiger partial charge is 0.463 e. The Hall–Kier alpha value is -2.40. The number of ether oxygens (including phenoxy) is 2. The smallest absolute Gasteiger partial charge is 0.334 e. The summed E-state index contributed by atoms with van der Waals surface area (Å²) < 4.78 is 11.7. The summed E-state index contributed by atoms with van der Waals surface area (Å²) >= 11 is 3.58. The highest BCUT2D eigenvalue weighted by Crippen LogP contribution is 2.58. The zero-order valence-corrected chi connectivity index (χ0v) is 15.8. The Morgan fingerprint density at radius 2 is 1.96 bits per heavy atom. The zero-order chi connectivity index (χ0) is 18.3. The van der Waals surface area contributed by atoms with Gasteiger partial charge in [-0.3, -0.25) is 4.79 Å². The Morgan fingerprint density at radius 3 is 2.73 bits per heavy atom. The van der Waals surface area contributed by atoms with Crippen LogP contribution in [0.2, 0.25) is 0 Å². The van der Waals surface area contributed by atoms with Crippen LogP contribution in [0.4, 0.5) is 0 Å². The van der Waals surface area contributed by atoms with Gasteiger partial charge >= 0.3 is 11.9 Å². The first-order valence-electron chi connectivity index (χ1n) is 8.53. The first kappa shape index (κ1) is 17.0. The van der Waals surface area contributed by atoms with Crippen LogP contribution in [0.25, 0.3) is 0 Å². The van der Waals surface area contributed by atoms with Crippen LogP contribution in [0.1, 0.15) is 30.4 Å². The number of hydrogen-bond acceptors (Lipinski definition) is 4. The van der Waals surface area contributed by atoms with Crippen molar-refractivity contribution >= 4 is 27.9 Å². The molecule has 0 bridgehead atoms. The van der Waals surface area contributed by atoms with Gasteiger partial charge in [0, 0.05) is 21.5 Å². The summed E-state index contributed by atoms with van der Waals surface area (Å²) in [6.45, 7) is 2.06. The van der Waals surface area contributed by atoms with E-state index in [0.29, 0.717) is 17.7 Å². The molecule has 2 aromatic rings. The fourth-order valence-corrected chi connectivity index (χ4v) is 4.54. The molecule has 5 heteroatoms. The van der Waals surface area contributed by atoms with Crippen LogP contribution in [0, 0.1) is 0 Å². The second-order valence-corrected chi connectivity index (χ2v) is 7.25. The summed E-state index contributed by atoms with van der Waals surface area (Å²) in [5, 5.41) is 0. The van der Waals surface area contributed by atoms with Crippen LogP contribution < -0.4 is 4.74 Å². The van der Waals surface area contributed by atoms with Gasteiger partial charge in [-0.1, -0.05) is 58.4 Å². The van der Waals surface area contributed by atoms with Crippen LogP contribution >= 0.6 is 15.9 Å². The SMILES string of the molecule is CCOC(=O)C1=CC[C@]2(C(=O)Oc3ccccc32)[C@H]1c1ccccc1Br. The summed E-state index contributed by atoms with van der Waals surface area (Å²) in [4.78, 5) is 25.7. The number of rotatable bonds is 3. The standard InChI is InChI=1S/C21H17BrO4/c1-2-25-19(23)14-11-12-21(18(14)13-7-3-5-9-16(13)22)15-8-4-6-10-17(15)26-20(21)24/h3-11,18H,2,12H2,1H3/t18-,21+/m0/s1. The van der Waals surface area contributed by atoms with Crippen LogP contribution in [0.15, 0.2) is 64.7 Å². The third-order valence-corrected chi connectivity index (χ3v) is 5.83. The minimum absolute atomic E-state index is 0.285. The maximum absolute atomic E-state index is 13.1. The summed E-state index contributed by atoms with van der Waals surface area (Å²) in [7, 11) is 0. The quantitative estimate of drug-likeness (QED) is 0.557. The minimum atomic E-state index is -0.942. The third kappa shape index (κ3) is 2.34. The molecule has 1 aliphatic heterocycles. The van der Waals surface area contributed by atoms with Crippen LogP contribution in [0.3, 0.4) is 0 Å². The fraction of sp³-hybridized carbons (Fsp3) is 0.238. The maximum atomic E-state index is 13.1.